The topological polar surface area (TPSA) is 9.72 Å². The number of piperazine rings is 1. The Kier molecular flexibility index (Phi) is 6.55. The molecule has 2 aliphatic rings. The van der Waals surface area contributed by atoms with Crippen molar-refractivity contribution < 1.29 is 0 Å². The highest BCUT2D eigenvalue weighted by Gasteiger charge is 2.42. The van der Waals surface area contributed by atoms with Gasteiger partial charge >= 0.3 is 0 Å². The third-order valence-corrected chi connectivity index (χ3v) is 7.11. The van der Waals surface area contributed by atoms with Crippen LogP contribution in [0.2, 0.25) is 0 Å². The predicted octanol–water partition coefficient (Wildman–Crippen LogP) is 3.55. The minimum Gasteiger partial charge on any atom is -0.304 e. The van der Waals surface area contributed by atoms with Crippen LogP contribution in [0.15, 0.2) is 0 Å². The maximum Gasteiger partial charge on any atom is 0.0184 e. The molecule has 3 nitrogen and oxygen atoms in total. The van der Waals surface area contributed by atoms with E-state index in [1.54, 1.807) is 0 Å². The summed E-state index contributed by atoms with van der Waals surface area (Å²) in [6.45, 7) is 21.1. The zero-order valence-corrected chi connectivity index (χ0v) is 16.7. The standard InChI is InChI=1S/C20H41N3/c1-7-19(4,8-2)17-20(5,9-3)23-15-18(16-23)14-22-12-10-21(6)11-13-22/h18H,7-17H2,1-6H3. The molecule has 0 radical (unpaired) electrons. The molecule has 3 heteroatoms. The maximum absolute atomic E-state index is 2.79. The van der Waals surface area contributed by atoms with Crippen molar-refractivity contribution in [2.24, 2.45) is 11.3 Å². The summed E-state index contributed by atoms with van der Waals surface area (Å²) in [5.74, 6) is 0.902. The molecule has 0 aromatic heterocycles. The molecule has 2 saturated heterocycles. The highest BCUT2D eigenvalue weighted by Crippen LogP contribution is 2.41. The third kappa shape index (κ3) is 4.70. The van der Waals surface area contributed by atoms with Crippen LogP contribution in [0.3, 0.4) is 0 Å². The van der Waals surface area contributed by atoms with E-state index in [1.807, 2.05) is 0 Å². The molecule has 2 aliphatic heterocycles. The van der Waals surface area contributed by atoms with Gasteiger partial charge in [0.25, 0.3) is 0 Å². The fraction of sp³-hybridized carbons (Fsp3) is 1.00. The number of hydrogen-bond acceptors (Lipinski definition) is 3. The smallest absolute Gasteiger partial charge is 0.0184 e. The quantitative estimate of drug-likeness (QED) is 0.676. The first kappa shape index (κ1) is 19.2. The van der Waals surface area contributed by atoms with Gasteiger partial charge in [-0.25, -0.2) is 0 Å². The Labute approximate surface area is 145 Å². The van der Waals surface area contributed by atoms with Gasteiger partial charge in [0, 0.05) is 51.4 Å². The zero-order valence-electron chi connectivity index (χ0n) is 16.7. The van der Waals surface area contributed by atoms with Gasteiger partial charge in [0.1, 0.15) is 0 Å². The molecule has 0 aliphatic carbocycles. The first-order chi connectivity index (χ1) is 10.8. The van der Waals surface area contributed by atoms with Crippen molar-refractivity contribution >= 4 is 0 Å². The van der Waals surface area contributed by atoms with Crippen molar-refractivity contribution in [1.29, 1.82) is 0 Å². The predicted molar refractivity (Wildman–Crippen MR) is 101 cm³/mol. The molecule has 0 bridgehead atoms. The van der Waals surface area contributed by atoms with Crippen molar-refractivity contribution in [3.63, 3.8) is 0 Å². The Hall–Kier alpha value is -0.120. The SMILES string of the molecule is CCC(C)(CC)CC(C)(CC)N1CC(CN2CCN(C)CC2)C1. The maximum atomic E-state index is 2.79. The Morgan fingerprint density at radius 1 is 0.870 bits per heavy atom. The molecular formula is C20H41N3. The molecule has 0 N–H and O–H groups in total. The van der Waals surface area contributed by atoms with Gasteiger partial charge in [-0.05, 0) is 38.1 Å². The fourth-order valence-corrected chi connectivity index (χ4v) is 4.40. The summed E-state index contributed by atoms with van der Waals surface area (Å²) in [4.78, 5) is 7.93. The number of nitrogens with zero attached hydrogens (tertiary/aromatic N) is 3. The number of rotatable bonds is 8. The van der Waals surface area contributed by atoms with Gasteiger partial charge in [0.05, 0.1) is 0 Å². The van der Waals surface area contributed by atoms with Gasteiger partial charge in [0.15, 0.2) is 0 Å². The van der Waals surface area contributed by atoms with E-state index in [9.17, 15) is 0 Å². The Morgan fingerprint density at radius 2 is 1.43 bits per heavy atom. The van der Waals surface area contributed by atoms with Gasteiger partial charge in [-0.1, -0.05) is 40.5 Å². The van der Waals surface area contributed by atoms with Crippen molar-refractivity contribution in [2.75, 3.05) is 52.9 Å². The lowest BCUT2D eigenvalue weighted by Gasteiger charge is -2.54. The minimum atomic E-state index is 0.402. The summed E-state index contributed by atoms with van der Waals surface area (Å²) in [6.07, 6.45) is 5.24. The van der Waals surface area contributed by atoms with E-state index in [-0.39, 0.29) is 0 Å². The second-order valence-corrected chi connectivity index (χ2v) is 8.92. The number of likely N-dealkylation sites (N-methyl/N-ethyl adjacent to an activating group) is 1. The van der Waals surface area contributed by atoms with Gasteiger partial charge in [-0.2, -0.15) is 0 Å². The Balaban J connectivity index is 1.81. The first-order valence-electron chi connectivity index (χ1n) is 10.00. The van der Waals surface area contributed by atoms with Gasteiger partial charge in [0.2, 0.25) is 0 Å². The molecule has 23 heavy (non-hydrogen) atoms. The first-order valence-corrected chi connectivity index (χ1v) is 10.00. The summed E-state index contributed by atoms with van der Waals surface area (Å²) >= 11 is 0. The van der Waals surface area contributed by atoms with Crippen molar-refractivity contribution in [3.8, 4) is 0 Å². The monoisotopic (exact) mass is 323 g/mol. The molecule has 0 spiro atoms. The van der Waals surface area contributed by atoms with Gasteiger partial charge in [-0.3, -0.25) is 4.90 Å². The molecule has 1 atom stereocenters. The fourth-order valence-electron chi connectivity index (χ4n) is 4.40. The van der Waals surface area contributed by atoms with E-state index in [1.165, 1.54) is 71.5 Å². The van der Waals surface area contributed by atoms with E-state index in [4.69, 9.17) is 0 Å². The van der Waals surface area contributed by atoms with E-state index < -0.39 is 0 Å². The second-order valence-electron chi connectivity index (χ2n) is 8.92. The van der Waals surface area contributed by atoms with Crippen molar-refractivity contribution in [2.45, 2.75) is 65.8 Å². The van der Waals surface area contributed by atoms with Crippen molar-refractivity contribution in [1.82, 2.24) is 14.7 Å². The lowest BCUT2D eigenvalue weighted by atomic mass is 9.71. The average molecular weight is 324 g/mol. The molecule has 0 amide bonds. The Morgan fingerprint density at radius 3 is 1.91 bits per heavy atom. The Bertz CT molecular complexity index is 352. The van der Waals surface area contributed by atoms with Crippen LogP contribution in [-0.4, -0.2) is 73.1 Å². The number of hydrogen-bond donors (Lipinski definition) is 0. The largest absolute Gasteiger partial charge is 0.304 e. The van der Waals surface area contributed by atoms with Gasteiger partial charge in [-0.15, -0.1) is 0 Å². The molecule has 0 aromatic carbocycles. The molecule has 136 valence electrons. The van der Waals surface area contributed by atoms with E-state index in [0.717, 1.165) is 5.92 Å². The van der Waals surface area contributed by atoms with Crippen LogP contribution in [0.5, 0.6) is 0 Å². The van der Waals surface area contributed by atoms with Crippen LogP contribution in [0.25, 0.3) is 0 Å². The number of likely N-dealkylation sites (tertiary alicyclic amines) is 1. The van der Waals surface area contributed by atoms with Crippen LogP contribution in [0, 0.1) is 11.3 Å². The molecule has 0 aromatic rings. The van der Waals surface area contributed by atoms with Crippen molar-refractivity contribution in [3.05, 3.63) is 0 Å². The van der Waals surface area contributed by atoms with Crippen LogP contribution < -0.4 is 0 Å². The molecular weight excluding hydrogens is 282 g/mol. The van der Waals surface area contributed by atoms with Gasteiger partial charge < -0.3 is 9.80 Å². The lowest BCUT2D eigenvalue weighted by molar-refractivity contribution is -0.0477. The highest BCUT2D eigenvalue weighted by molar-refractivity contribution is 4.97. The molecule has 2 rings (SSSR count). The summed E-state index contributed by atoms with van der Waals surface area (Å²) in [5, 5.41) is 0. The minimum absolute atomic E-state index is 0.402. The van der Waals surface area contributed by atoms with Crippen LogP contribution in [0.4, 0.5) is 0 Å². The lowest BCUT2D eigenvalue weighted by Crippen LogP contribution is -2.62. The van der Waals surface area contributed by atoms with Crippen LogP contribution >= 0.6 is 0 Å². The summed E-state index contributed by atoms with van der Waals surface area (Å²) in [6, 6.07) is 0. The normalized spacial score (nSPS) is 25.3. The van der Waals surface area contributed by atoms with E-state index >= 15 is 0 Å². The molecule has 2 heterocycles. The zero-order chi connectivity index (χ0) is 17.1. The highest BCUT2D eigenvalue weighted by atomic mass is 15.3. The molecule has 0 saturated carbocycles. The van der Waals surface area contributed by atoms with E-state index in [0.29, 0.717) is 11.0 Å². The summed E-state index contributed by atoms with van der Waals surface area (Å²) in [7, 11) is 2.24. The van der Waals surface area contributed by atoms with E-state index in [2.05, 4.69) is 56.4 Å². The van der Waals surface area contributed by atoms with Crippen LogP contribution in [-0.2, 0) is 0 Å². The third-order valence-electron chi connectivity index (χ3n) is 7.11. The molecule has 1 unspecified atom stereocenters. The van der Waals surface area contributed by atoms with Crippen LogP contribution in [0.1, 0.15) is 60.3 Å². The molecule has 2 fully saturated rings. The average Bonchev–Trinajstić information content (AvgIpc) is 2.52. The second kappa shape index (κ2) is 7.84. The summed E-state index contributed by atoms with van der Waals surface area (Å²) in [5.41, 5.74) is 0.909. The summed E-state index contributed by atoms with van der Waals surface area (Å²) < 4.78 is 0.